The van der Waals surface area contributed by atoms with Crippen LogP contribution in [-0.2, 0) is 33.4 Å². The molecule has 250 valence electrons. The maximum absolute atomic E-state index is 12.3. The van der Waals surface area contributed by atoms with Gasteiger partial charge in [-0.3, -0.25) is 24.0 Å². The molecule has 0 saturated carbocycles. The van der Waals surface area contributed by atoms with Gasteiger partial charge in [0.25, 0.3) is 0 Å². The average Bonchev–Trinajstić information content (AvgIpc) is 2.98. The zero-order valence-electron chi connectivity index (χ0n) is 26.0. The number of amides is 4. The number of unbranched alkanes of at least 4 members (excludes halogenated alkanes) is 10. The molecule has 43 heavy (non-hydrogen) atoms. The van der Waals surface area contributed by atoms with Crippen molar-refractivity contribution in [2.24, 2.45) is 5.92 Å². The maximum Gasteiger partial charge on any atom is 0.316 e. The zero-order chi connectivity index (χ0) is 32.0. The predicted octanol–water partition coefficient (Wildman–Crippen LogP) is 3.06. The van der Waals surface area contributed by atoms with E-state index in [4.69, 9.17) is 9.47 Å². The summed E-state index contributed by atoms with van der Waals surface area (Å²) >= 11 is 3.03. The lowest BCUT2D eigenvalue weighted by Gasteiger charge is -2.13. The van der Waals surface area contributed by atoms with Gasteiger partial charge in [-0.1, -0.05) is 93.5 Å². The molecule has 5 N–H and O–H groups in total. The van der Waals surface area contributed by atoms with Crippen LogP contribution in [-0.4, -0.2) is 92.6 Å². The van der Waals surface area contributed by atoms with Crippen molar-refractivity contribution in [3.63, 3.8) is 0 Å². The number of hydrogen-bond acceptors (Lipinski definition) is 7. The highest BCUT2D eigenvalue weighted by atomic mass is 79.9. The standard InChI is InChI=1S/C30H55BrN4O8/c1-2-3-4-5-6-7-8-9-10-11-12-14-25(30(40)41)29(39)35-16-13-15-26(36)34-19-20-42-21-22-43-24-28(38)33-18-17-32-27(37)23-31/h25H,2-24H2,1H3,(H,32,37)(H,33,38)(H,34,36)(H,35,39)(H,40,41). The first kappa shape index (κ1) is 40.8. The number of alkyl halides is 1. The Balaban J connectivity index is 3.70. The topological polar surface area (TPSA) is 172 Å². The van der Waals surface area contributed by atoms with Crippen LogP contribution in [0.15, 0.2) is 0 Å². The molecule has 0 aliphatic carbocycles. The minimum atomic E-state index is -1.11. The lowest BCUT2D eigenvalue weighted by Crippen LogP contribution is -2.36. The summed E-state index contributed by atoms with van der Waals surface area (Å²) in [7, 11) is 0. The first-order valence-electron chi connectivity index (χ1n) is 15.8. The third-order valence-corrected chi connectivity index (χ3v) is 7.16. The van der Waals surface area contributed by atoms with E-state index in [-0.39, 0.29) is 62.4 Å². The quantitative estimate of drug-likeness (QED) is 0.0438. The van der Waals surface area contributed by atoms with E-state index in [0.717, 1.165) is 19.3 Å². The van der Waals surface area contributed by atoms with Crippen molar-refractivity contribution >= 4 is 45.5 Å². The second kappa shape index (κ2) is 29.8. The van der Waals surface area contributed by atoms with Crippen molar-refractivity contribution in [2.45, 2.75) is 96.8 Å². The van der Waals surface area contributed by atoms with Gasteiger partial charge in [-0.2, -0.15) is 0 Å². The molecule has 13 heteroatoms. The van der Waals surface area contributed by atoms with Crippen LogP contribution in [0.1, 0.15) is 96.8 Å². The van der Waals surface area contributed by atoms with Crippen LogP contribution in [0, 0.1) is 5.92 Å². The van der Waals surface area contributed by atoms with Crippen molar-refractivity contribution in [3.05, 3.63) is 0 Å². The molecule has 1 atom stereocenters. The zero-order valence-corrected chi connectivity index (χ0v) is 27.6. The molecule has 4 amide bonds. The fourth-order valence-corrected chi connectivity index (χ4v) is 4.40. The largest absolute Gasteiger partial charge is 0.481 e. The van der Waals surface area contributed by atoms with Gasteiger partial charge >= 0.3 is 5.97 Å². The van der Waals surface area contributed by atoms with Gasteiger partial charge < -0.3 is 35.8 Å². The summed E-state index contributed by atoms with van der Waals surface area (Å²) in [5, 5.41) is 20.2. The van der Waals surface area contributed by atoms with E-state index in [1.165, 1.54) is 44.9 Å². The van der Waals surface area contributed by atoms with Crippen LogP contribution in [0.2, 0.25) is 0 Å². The SMILES string of the molecule is CCCCCCCCCCCCCC(C(=O)O)C(=O)NCCCC(=O)NCCOCCOCC(=O)NCCNC(=O)CBr. The molecule has 0 aromatic rings. The summed E-state index contributed by atoms with van der Waals surface area (Å²) in [4.78, 5) is 58.5. The van der Waals surface area contributed by atoms with E-state index in [1.54, 1.807) is 0 Å². The Bertz CT molecular complexity index is 772. The molecule has 0 aliphatic rings. The molecule has 0 aliphatic heterocycles. The molecule has 0 spiro atoms. The monoisotopic (exact) mass is 678 g/mol. The van der Waals surface area contributed by atoms with Gasteiger partial charge in [-0.15, -0.1) is 0 Å². The van der Waals surface area contributed by atoms with Gasteiger partial charge in [0.2, 0.25) is 23.6 Å². The number of carbonyl (C=O) groups is 5. The van der Waals surface area contributed by atoms with Crippen molar-refractivity contribution in [1.29, 1.82) is 0 Å². The van der Waals surface area contributed by atoms with E-state index >= 15 is 0 Å². The molecule has 0 saturated heterocycles. The summed E-state index contributed by atoms with van der Waals surface area (Å²) < 4.78 is 10.6. The van der Waals surface area contributed by atoms with Gasteiger partial charge in [0.15, 0.2) is 0 Å². The molecule has 0 heterocycles. The molecule has 0 rings (SSSR count). The predicted molar refractivity (Wildman–Crippen MR) is 169 cm³/mol. The molecule has 1 unspecified atom stereocenters. The van der Waals surface area contributed by atoms with E-state index < -0.39 is 17.8 Å². The summed E-state index contributed by atoms with van der Waals surface area (Å²) in [6.07, 6.45) is 13.8. The number of carboxylic acids is 1. The van der Waals surface area contributed by atoms with Crippen LogP contribution in [0.4, 0.5) is 0 Å². The third kappa shape index (κ3) is 27.1. The molecule has 12 nitrogen and oxygen atoms in total. The smallest absolute Gasteiger partial charge is 0.316 e. The van der Waals surface area contributed by atoms with E-state index in [0.29, 0.717) is 38.9 Å². The van der Waals surface area contributed by atoms with E-state index in [1.807, 2.05) is 0 Å². The van der Waals surface area contributed by atoms with Gasteiger partial charge in [-0.25, -0.2) is 0 Å². The molecule has 0 aromatic carbocycles. The number of halogens is 1. The van der Waals surface area contributed by atoms with E-state index in [9.17, 15) is 29.1 Å². The fraction of sp³-hybridized carbons (Fsp3) is 0.833. The first-order valence-corrected chi connectivity index (χ1v) is 17.0. The van der Waals surface area contributed by atoms with Gasteiger partial charge in [0, 0.05) is 32.6 Å². The number of ether oxygens (including phenoxy) is 2. The van der Waals surface area contributed by atoms with Crippen molar-refractivity contribution in [2.75, 3.05) is 57.9 Å². The first-order chi connectivity index (χ1) is 20.8. The Labute approximate surface area is 265 Å². The number of aliphatic carboxylic acids is 1. The fourth-order valence-electron chi connectivity index (χ4n) is 4.20. The number of nitrogens with one attached hydrogen (secondary N) is 4. The minimum absolute atomic E-state index is 0.115. The van der Waals surface area contributed by atoms with Crippen LogP contribution < -0.4 is 21.3 Å². The van der Waals surface area contributed by atoms with Crippen LogP contribution in [0.25, 0.3) is 0 Å². The third-order valence-electron chi connectivity index (χ3n) is 6.66. The van der Waals surface area contributed by atoms with Gasteiger partial charge in [0.05, 0.1) is 25.2 Å². The van der Waals surface area contributed by atoms with E-state index in [2.05, 4.69) is 44.1 Å². The second-order valence-corrected chi connectivity index (χ2v) is 11.0. The minimum Gasteiger partial charge on any atom is -0.481 e. The molecular formula is C30H55BrN4O8. The Hall–Kier alpha value is -2.25. The summed E-state index contributed by atoms with van der Waals surface area (Å²) in [6.45, 7) is 4.07. The Morgan fingerprint density at radius 2 is 1.19 bits per heavy atom. The summed E-state index contributed by atoms with van der Waals surface area (Å²) in [5.74, 6) is -3.29. The van der Waals surface area contributed by atoms with Crippen LogP contribution >= 0.6 is 15.9 Å². The second-order valence-electron chi connectivity index (χ2n) is 10.5. The number of carboxylic acid groups (broad SMARTS) is 1. The van der Waals surface area contributed by atoms with Crippen LogP contribution in [0.3, 0.4) is 0 Å². The molecule has 0 bridgehead atoms. The Kier molecular flexibility index (Phi) is 28.2. The molecule has 0 aromatic heterocycles. The molecule has 0 fully saturated rings. The number of carbonyl (C=O) groups excluding carboxylic acids is 4. The summed E-state index contributed by atoms with van der Waals surface area (Å²) in [6, 6.07) is 0. The highest BCUT2D eigenvalue weighted by molar-refractivity contribution is 9.09. The van der Waals surface area contributed by atoms with Gasteiger partial charge in [-0.05, 0) is 12.8 Å². The maximum atomic E-state index is 12.3. The van der Waals surface area contributed by atoms with Crippen molar-refractivity contribution in [3.8, 4) is 0 Å². The highest BCUT2D eigenvalue weighted by Crippen LogP contribution is 2.15. The Morgan fingerprint density at radius 3 is 1.79 bits per heavy atom. The van der Waals surface area contributed by atoms with Crippen molar-refractivity contribution < 1.29 is 38.6 Å². The average molecular weight is 680 g/mol. The Morgan fingerprint density at radius 1 is 0.628 bits per heavy atom. The normalized spacial score (nSPS) is 11.5. The highest BCUT2D eigenvalue weighted by Gasteiger charge is 2.25. The molecular weight excluding hydrogens is 624 g/mol. The lowest BCUT2D eigenvalue weighted by molar-refractivity contribution is -0.147. The van der Waals surface area contributed by atoms with Gasteiger partial charge in [0.1, 0.15) is 12.5 Å². The lowest BCUT2D eigenvalue weighted by atomic mass is 9.99. The van der Waals surface area contributed by atoms with Crippen molar-refractivity contribution in [1.82, 2.24) is 21.3 Å². The number of hydrogen-bond donors (Lipinski definition) is 5. The number of rotatable bonds is 30. The molecule has 0 radical (unpaired) electrons. The van der Waals surface area contributed by atoms with Crippen LogP contribution in [0.5, 0.6) is 0 Å². The summed E-state index contributed by atoms with van der Waals surface area (Å²) in [5.41, 5.74) is 0.